The highest BCUT2D eigenvalue weighted by Gasteiger charge is 2.49. The summed E-state index contributed by atoms with van der Waals surface area (Å²) in [6.45, 7) is 0. The van der Waals surface area contributed by atoms with E-state index in [-0.39, 0.29) is 5.54 Å². The Morgan fingerprint density at radius 3 is 1.00 bits per heavy atom. The van der Waals surface area contributed by atoms with E-state index in [1.165, 1.54) is 77.0 Å². The molecule has 17 heavy (non-hydrogen) atoms. The van der Waals surface area contributed by atoms with Crippen molar-refractivity contribution in [2.24, 2.45) is 23.5 Å². The lowest BCUT2D eigenvalue weighted by molar-refractivity contribution is 0.102. The van der Waals surface area contributed by atoms with Crippen molar-refractivity contribution in [1.82, 2.24) is 0 Å². The summed E-state index contributed by atoms with van der Waals surface area (Å²) in [5.41, 5.74) is 7.35. The van der Waals surface area contributed by atoms with Gasteiger partial charge in [0, 0.05) is 5.54 Å². The average Bonchev–Trinajstić information content (AvgIpc) is 3.10. The molecule has 3 saturated carbocycles. The van der Waals surface area contributed by atoms with Crippen LogP contribution in [0.5, 0.6) is 0 Å². The van der Waals surface area contributed by atoms with Crippen molar-refractivity contribution >= 4 is 0 Å². The van der Waals surface area contributed by atoms with Gasteiger partial charge < -0.3 is 5.73 Å². The Morgan fingerprint density at radius 1 is 0.529 bits per heavy atom. The fourth-order valence-corrected chi connectivity index (χ4v) is 5.28. The lowest BCUT2D eigenvalue weighted by atomic mass is 9.64. The van der Waals surface area contributed by atoms with Crippen LogP contribution in [0.1, 0.15) is 77.0 Å². The van der Waals surface area contributed by atoms with Gasteiger partial charge in [0.05, 0.1) is 0 Å². The summed E-state index contributed by atoms with van der Waals surface area (Å²) in [6, 6.07) is 0. The molecule has 0 aliphatic heterocycles. The van der Waals surface area contributed by atoms with Crippen LogP contribution in [0.4, 0.5) is 0 Å². The second kappa shape index (κ2) is 4.91. The topological polar surface area (TPSA) is 26.0 Å². The van der Waals surface area contributed by atoms with Gasteiger partial charge in [-0.3, -0.25) is 0 Å². The van der Waals surface area contributed by atoms with Gasteiger partial charge in [-0.25, -0.2) is 0 Å². The van der Waals surface area contributed by atoms with Crippen molar-refractivity contribution in [3.05, 3.63) is 0 Å². The normalized spacial score (nSPS) is 29.5. The number of rotatable bonds is 3. The molecule has 3 fully saturated rings. The van der Waals surface area contributed by atoms with Crippen LogP contribution in [0.15, 0.2) is 0 Å². The molecule has 3 aliphatic carbocycles. The average molecular weight is 235 g/mol. The molecule has 0 atom stereocenters. The highest BCUT2D eigenvalue weighted by Crippen LogP contribution is 2.50. The summed E-state index contributed by atoms with van der Waals surface area (Å²) >= 11 is 0. The molecular formula is C16H29N. The lowest BCUT2D eigenvalue weighted by Gasteiger charge is -2.46. The molecule has 0 aromatic carbocycles. The minimum Gasteiger partial charge on any atom is -0.324 e. The van der Waals surface area contributed by atoms with Crippen molar-refractivity contribution in [2.75, 3.05) is 0 Å². The predicted molar refractivity (Wildman–Crippen MR) is 72.8 cm³/mol. The van der Waals surface area contributed by atoms with Gasteiger partial charge in [0.15, 0.2) is 0 Å². The molecule has 0 amide bonds. The number of hydrogen-bond donors (Lipinski definition) is 1. The highest BCUT2D eigenvalue weighted by atomic mass is 14.8. The van der Waals surface area contributed by atoms with E-state index in [2.05, 4.69) is 0 Å². The highest BCUT2D eigenvalue weighted by molar-refractivity contribution is 5.05. The number of nitrogens with two attached hydrogens (primary N) is 1. The number of hydrogen-bond acceptors (Lipinski definition) is 1. The van der Waals surface area contributed by atoms with E-state index in [1.807, 2.05) is 0 Å². The first kappa shape index (κ1) is 12.0. The van der Waals surface area contributed by atoms with Crippen molar-refractivity contribution < 1.29 is 0 Å². The molecule has 0 spiro atoms. The zero-order chi connectivity index (χ0) is 11.7. The predicted octanol–water partition coefficient (Wildman–Crippen LogP) is 4.25. The Hall–Kier alpha value is -0.0400. The van der Waals surface area contributed by atoms with Crippen molar-refractivity contribution in [1.29, 1.82) is 0 Å². The molecule has 0 bridgehead atoms. The summed E-state index contributed by atoms with van der Waals surface area (Å²) in [4.78, 5) is 0. The van der Waals surface area contributed by atoms with E-state index < -0.39 is 0 Å². The van der Waals surface area contributed by atoms with Gasteiger partial charge in [0.2, 0.25) is 0 Å². The summed E-state index contributed by atoms with van der Waals surface area (Å²) in [5, 5.41) is 0. The first-order valence-electron chi connectivity index (χ1n) is 8.10. The maximum Gasteiger partial charge on any atom is 0.0240 e. The minimum atomic E-state index is 0.240. The molecule has 0 aromatic heterocycles. The molecule has 0 saturated heterocycles. The molecule has 0 unspecified atom stereocenters. The first-order chi connectivity index (χ1) is 8.32. The van der Waals surface area contributed by atoms with Crippen LogP contribution < -0.4 is 5.73 Å². The lowest BCUT2D eigenvalue weighted by Crippen LogP contribution is -2.57. The van der Waals surface area contributed by atoms with Crippen LogP contribution in [0.3, 0.4) is 0 Å². The van der Waals surface area contributed by atoms with E-state index in [0.29, 0.717) is 0 Å². The first-order valence-corrected chi connectivity index (χ1v) is 8.10. The van der Waals surface area contributed by atoms with Gasteiger partial charge in [0.25, 0.3) is 0 Å². The van der Waals surface area contributed by atoms with E-state index >= 15 is 0 Å². The van der Waals surface area contributed by atoms with E-state index in [0.717, 1.165) is 17.8 Å². The monoisotopic (exact) mass is 235 g/mol. The molecule has 98 valence electrons. The van der Waals surface area contributed by atoms with Gasteiger partial charge in [-0.2, -0.15) is 0 Å². The molecule has 1 nitrogen and oxygen atoms in total. The summed E-state index contributed by atoms with van der Waals surface area (Å²) in [6.07, 6.45) is 17.3. The van der Waals surface area contributed by atoms with Gasteiger partial charge in [-0.1, -0.05) is 38.5 Å². The van der Waals surface area contributed by atoms with E-state index in [1.54, 1.807) is 0 Å². The van der Waals surface area contributed by atoms with Gasteiger partial charge >= 0.3 is 0 Å². The molecule has 0 heterocycles. The molecule has 3 aliphatic rings. The fraction of sp³-hybridized carbons (Fsp3) is 1.00. The van der Waals surface area contributed by atoms with Crippen LogP contribution in [-0.2, 0) is 0 Å². The molecular weight excluding hydrogens is 206 g/mol. The standard InChI is InChI=1S/C16H29N/c17-16(13-7-1-2-8-13,14-9-3-4-10-14)15-11-5-6-12-15/h13-15H,1-12,17H2. The smallest absolute Gasteiger partial charge is 0.0240 e. The SMILES string of the molecule is NC(C1CCCC1)(C1CCCC1)C1CCCC1. The summed E-state index contributed by atoms with van der Waals surface area (Å²) in [5.74, 6) is 2.61. The summed E-state index contributed by atoms with van der Waals surface area (Å²) < 4.78 is 0. The van der Waals surface area contributed by atoms with Crippen molar-refractivity contribution in [3.63, 3.8) is 0 Å². The Balaban J connectivity index is 1.81. The molecule has 1 heteroatoms. The Bertz CT molecular complexity index is 201. The van der Waals surface area contributed by atoms with E-state index in [4.69, 9.17) is 5.73 Å². The molecule has 0 aromatic rings. The fourth-order valence-electron chi connectivity index (χ4n) is 5.28. The second-order valence-corrected chi connectivity index (χ2v) is 6.94. The van der Waals surface area contributed by atoms with Gasteiger partial charge in [-0.05, 0) is 56.3 Å². The van der Waals surface area contributed by atoms with Crippen molar-refractivity contribution in [3.8, 4) is 0 Å². The zero-order valence-corrected chi connectivity index (χ0v) is 11.3. The van der Waals surface area contributed by atoms with Crippen LogP contribution in [-0.4, -0.2) is 5.54 Å². The van der Waals surface area contributed by atoms with E-state index in [9.17, 15) is 0 Å². The van der Waals surface area contributed by atoms with Gasteiger partial charge in [-0.15, -0.1) is 0 Å². The maximum atomic E-state index is 7.11. The van der Waals surface area contributed by atoms with Crippen LogP contribution in [0.2, 0.25) is 0 Å². The third kappa shape index (κ3) is 2.05. The third-order valence-electron chi connectivity index (χ3n) is 6.19. The summed E-state index contributed by atoms with van der Waals surface area (Å²) in [7, 11) is 0. The van der Waals surface area contributed by atoms with Gasteiger partial charge in [0.1, 0.15) is 0 Å². The van der Waals surface area contributed by atoms with Crippen LogP contribution >= 0.6 is 0 Å². The Kier molecular flexibility index (Phi) is 3.47. The van der Waals surface area contributed by atoms with Crippen LogP contribution in [0.25, 0.3) is 0 Å². The van der Waals surface area contributed by atoms with Crippen molar-refractivity contribution in [2.45, 2.75) is 82.6 Å². The maximum absolute atomic E-state index is 7.11. The molecule has 2 N–H and O–H groups in total. The quantitative estimate of drug-likeness (QED) is 0.777. The third-order valence-corrected chi connectivity index (χ3v) is 6.19. The Labute approximate surface area is 107 Å². The van der Waals surface area contributed by atoms with Crippen LogP contribution in [0, 0.1) is 17.8 Å². The Morgan fingerprint density at radius 2 is 0.765 bits per heavy atom. The minimum absolute atomic E-state index is 0.240. The largest absolute Gasteiger partial charge is 0.324 e. The molecule has 0 radical (unpaired) electrons. The molecule has 3 rings (SSSR count). The zero-order valence-electron chi connectivity index (χ0n) is 11.3. The second-order valence-electron chi connectivity index (χ2n) is 6.94.